The molecule has 1 heterocycles. The number of piperazine rings is 1. The zero-order valence-corrected chi connectivity index (χ0v) is 10.7. The lowest BCUT2D eigenvalue weighted by Crippen LogP contribution is -2.51. The summed E-state index contributed by atoms with van der Waals surface area (Å²) >= 11 is 0. The smallest absolute Gasteiger partial charge is 0.0467 e. The van der Waals surface area contributed by atoms with Crippen molar-refractivity contribution in [3.05, 3.63) is 0 Å². The molecular weight excluding hydrogens is 188 g/mol. The van der Waals surface area contributed by atoms with Gasteiger partial charge in [0.2, 0.25) is 0 Å². The quantitative estimate of drug-likeness (QED) is 0.747. The molecular formula is C12H26N2O. The van der Waals surface area contributed by atoms with Crippen molar-refractivity contribution in [1.82, 2.24) is 10.2 Å². The molecule has 0 aromatic heterocycles. The fourth-order valence-electron chi connectivity index (χ4n) is 2.22. The third kappa shape index (κ3) is 4.96. The third-order valence-corrected chi connectivity index (χ3v) is 3.09. The summed E-state index contributed by atoms with van der Waals surface area (Å²) in [5, 5.41) is 3.47. The lowest BCUT2D eigenvalue weighted by atomic mass is 9.88. The molecule has 0 saturated carbocycles. The molecule has 1 N–H and O–H groups in total. The summed E-state index contributed by atoms with van der Waals surface area (Å²) in [6, 6.07) is 0.636. The lowest BCUT2D eigenvalue weighted by molar-refractivity contribution is 0.101. The van der Waals surface area contributed by atoms with Crippen LogP contribution in [0, 0.1) is 5.41 Å². The van der Waals surface area contributed by atoms with Crippen molar-refractivity contribution in [2.45, 2.75) is 33.2 Å². The van der Waals surface area contributed by atoms with Crippen LogP contribution >= 0.6 is 0 Å². The molecule has 1 saturated heterocycles. The summed E-state index contributed by atoms with van der Waals surface area (Å²) in [6.45, 7) is 12.5. The first-order valence-electron chi connectivity index (χ1n) is 5.98. The van der Waals surface area contributed by atoms with E-state index in [-0.39, 0.29) is 0 Å². The fourth-order valence-corrected chi connectivity index (χ4v) is 2.22. The van der Waals surface area contributed by atoms with E-state index in [1.54, 1.807) is 7.11 Å². The first-order valence-corrected chi connectivity index (χ1v) is 5.98. The molecule has 1 aliphatic heterocycles. The fraction of sp³-hybridized carbons (Fsp3) is 1.00. The summed E-state index contributed by atoms with van der Waals surface area (Å²) in [6.07, 6.45) is 1.14. The van der Waals surface area contributed by atoms with Gasteiger partial charge in [0.05, 0.1) is 0 Å². The predicted molar refractivity (Wildman–Crippen MR) is 64.2 cm³/mol. The van der Waals surface area contributed by atoms with Crippen LogP contribution in [0.5, 0.6) is 0 Å². The Morgan fingerprint density at radius 3 is 2.80 bits per heavy atom. The van der Waals surface area contributed by atoms with E-state index in [4.69, 9.17) is 4.74 Å². The third-order valence-electron chi connectivity index (χ3n) is 3.09. The van der Waals surface area contributed by atoms with Crippen molar-refractivity contribution in [1.29, 1.82) is 0 Å². The Kier molecular flexibility index (Phi) is 5.03. The van der Waals surface area contributed by atoms with Crippen molar-refractivity contribution in [3.63, 3.8) is 0 Å². The standard InChI is InChI=1S/C12H26N2O/c1-11-9-14(7-6-13-11)10-12(2,3)5-8-15-4/h11,13H,5-10H2,1-4H3. The first kappa shape index (κ1) is 12.9. The monoisotopic (exact) mass is 214 g/mol. The van der Waals surface area contributed by atoms with E-state index in [0.717, 1.165) is 19.6 Å². The zero-order valence-electron chi connectivity index (χ0n) is 10.7. The Morgan fingerprint density at radius 1 is 1.47 bits per heavy atom. The molecule has 90 valence electrons. The Bertz CT molecular complexity index is 182. The maximum atomic E-state index is 5.16. The number of hydrogen-bond donors (Lipinski definition) is 1. The van der Waals surface area contributed by atoms with Crippen molar-refractivity contribution in [2.75, 3.05) is 39.9 Å². The molecule has 0 radical (unpaired) electrons. The highest BCUT2D eigenvalue weighted by Crippen LogP contribution is 2.22. The Morgan fingerprint density at radius 2 is 2.20 bits per heavy atom. The van der Waals surface area contributed by atoms with Gasteiger partial charge in [-0.2, -0.15) is 0 Å². The Labute approximate surface area is 94.2 Å². The first-order chi connectivity index (χ1) is 7.03. The van der Waals surface area contributed by atoms with Crippen molar-refractivity contribution >= 4 is 0 Å². The molecule has 0 amide bonds. The molecule has 15 heavy (non-hydrogen) atoms. The second-order valence-electron chi connectivity index (χ2n) is 5.50. The van der Waals surface area contributed by atoms with E-state index < -0.39 is 0 Å². The van der Waals surface area contributed by atoms with Crippen LogP contribution in [0.2, 0.25) is 0 Å². The molecule has 1 unspecified atom stereocenters. The SMILES string of the molecule is COCCC(C)(C)CN1CCNC(C)C1. The normalized spacial score (nSPS) is 24.4. The maximum Gasteiger partial charge on any atom is 0.0467 e. The van der Waals surface area contributed by atoms with Crippen LogP contribution < -0.4 is 5.32 Å². The van der Waals surface area contributed by atoms with Gasteiger partial charge in [-0.3, -0.25) is 0 Å². The van der Waals surface area contributed by atoms with Gasteiger partial charge in [0, 0.05) is 45.9 Å². The van der Waals surface area contributed by atoms with Gasteiger partial charge in [0.25, 0.3) is 0 Å². The zero-order chi connectivity index (χ0) is 11.3. The van der Waals surface area contributed by atoms with E-state index in [9.17, 15) is 0 Å². The van der Waals surface area contributed by atoms with Gasteiger partial charge in [-0.15, -0.1) is 0 Å². The molecule has 1 aliphatic rings. The maximum absolute atomic E-state index is 5.16. The summed E-state index contributed by atoms with van der Waals surface area (Å²) in [7, 11) is 1.78. The minimum absolute atomic E-state index is 0.368. The molecule has 0 spiro atoms. The largest absolute Gasteiger partial charge is 0.385 e. The molecule has 3 nitrogen and oxygen atoms in total. The van der Waals surface area contributed by atoms with Crippen LogP contribution in [0.1, 0.15) is 27.2 Å². The lowest BCUT2D eigenvalue weighted by Gasteiger charge is -2.37. The number of nitrogens with one attached hydrogen (secondary N) is 1. The van der Waals surface area contributed by atoms with Gasteiger partial charge >= 0.3 is 0 Å². The average molecular weight is 214 g/mol. The number of ether oxygens (including phenoxy) is 1. The van der Waals surface area contributed by atoms with Crippen LogP contribution in [-0.2, 0) is 4.74 Å². The van der Waals surface area contributed by atoms with Gasteiger partial charge in [-0.25, -0.2) is 0 Å². The van der Waals surface area contributed by atoms with E-state index in [2.05, 4.69) is 31.0 Å². The van der Waals surface area contributed by atoms with E-state index in [0.29, 0.717) is 11.5 Å². The molecule has 0 aromatic carbocycles. The van der Waals surface area contributed by atoms with Gasteiger partial charge in [0.1, 0.15) is 0 Å². The average Bonchev–Trinajstić information content (AvgIpc) is 2.14. The van der Waals surface area contributed by atoms with Gasteiger partial charge < -0.3 is 15.0 Å². The van der Waals surface area contributed by atoms with E-state index >= 15 is 0 Å². The van der Waals surface area contributed by atoms with Crippen LogP contribution in [0.15, 0.2) is 0 Å². The molecule has 1 fully saturated rings. The summed E-state index contributed by atoms with van der Waals surface area (Å²) in [5.74, 6) is 0. The number of rotatable bonds is 5. The molecule has 0 aromatic rings. The summed E-state index contributed by atoms with van der Waals surface area (Å²) in [4.78, 5) is 2.57. The highest BCUT2D eigenvalue weighted by Gasteiger charge is 2.24. The second kappa shape index (κ2) is 5.83. The van der Waals surface area contributed by atoms with E-state index in [1.165, 1.54) is 19.6 Å². The number of hydrogen-bond acceptors (Lipinski definition) is 3. The van der Waals surface area contributed by atoms with Gasteiger partial charge in [0.15, 0.2) is 0 Å². The van der Waals surface area contributed by atoms with Crippen LogP contribution in [-0.4, -0.2) is 50.8 Å². The van der Waals surface area contributed by atoms with Crippen LogP contribution in [0.3, 0.4) is 0 Å². The van der Waals surface area contributed by atoms with Gasteiger partial charge in [-0.1, -0.05) is 13.8 Å². The minimum atomic E-state index is 0.368. The van der Waals surface area contributed by atoms with E-state index in [1.807, 2.05) is 0 Å². The Balaban J connectivity index is 2.31. The minimum Gasteiger partial charge on any atom is -0.385 e. The number of methoxy groups -OCH3 is 1. The molecule has 0 bridgehead atoms. The highest BCUT2D eigenvalue weighted by atomic mass is 16.5. The second-order valence-corrected chi connectivity index (χ2v) is 5.50. The van der Waals surface area contributed by atoms with Crippen molar-refractivity contribution in [2.24, 2.45) is 5.41 Å². The topological polar surface area (TPSA) is 24.5 Å². The highest BCUT2D eigenvalue weighted by molar-refractivity contribution is 4.80. The Hall–Kier alpha value is -0.120. The van der Waals surface area contributed by atoms with Crippen molar-refractivity contribution in [3.8, 4) is 0 Å². The molecule has 0 aliphatic carbocycles. The predicted octanol–water partition coefficient (Wildman–Crippen LogP) is 1.34. The molecule has 1 rings (SSSR count). The summed E-state index contributed by atoms with van der Waals surface area (Å²) in [5.41, 5.74) is 0.368. The molecule has 3 heteroatoms. The van der Waals surface area contributed by atoms with Crippen LogP contribution in [0.25, 0.3) is 0 Å². The van der Waals surface area contributed by atoms with Crippen LogP contribution in [0.4, 0.5) is 0 Å². The van der Waals surface area contributed by atoms with Crippen molar-refractivity contribution < 1.29 is 4.74 Å². The van der Waals surface area contributed by atoms with Gasteiger partial charge in [-0.05, 0) is 18.8 Å². The molecule has 1 atom stereocenters. The number of nitrogens with zero attached hydrogens (tertiary/aromatic N) is 1. The summed E-state index contributed by atoms with van der Waals surface area (Å²) < 4.78 is 5.16.